The van der Waals surface area contributed by atoms with Crippen molar-refractivity contribution < 1.29 is 38.6 Å². The first-order valence-corrected chi connectivity index (χ1v) is 21.6. The maximum absolute atomic E-state index is 14.2. The van der Waals surface area contributed by atoms with E-state index in [1.54, 1.807) is 29.5 Å². The molecule has 1 saturated heterocycles. The molecule has 0 bridgehead atoms. The summed E-state index contributed by atoms with van der Waals surface area (Å²) in [4.78, 5) is 74.5. The molecule has 2 heterocycles. The van der Waals surface area contributed by atoms with Gasteiger partial charge in [0, 0.05) is 44.4 Å². The monoisotopic (exact) mass is 829 g/mol. The van der Waals surface area contributed by atoms with Gasteiger partial charge in [-0.25, -0.2) is 4.98 Å². The van der Waals surface area contributed by atoms with Crippen LogP contribution in [-0.2, 0) is 35.1 Å². The van der Waals surface area contributed by atoms with E-state index in [4.69, 9.17) is 15.2 Å². The molecule has 0 unspecified atom stereocenters. The van der Waals surface area contributed by atoms with Crippen LogP contribution in [0.5, 0.6) is 5.75 Å². The Bertz CT molecular complexity index is 1650. The molecule has 16 heteroatoms. The minimum atomic E-state index is -0.830. The number of nitrogens with two attached hydrogens (primary N) is 1. The number of phenolic OH excluding ortho intramolecular Hbond substituents is 1. The number of aromatic hydroxyl groups is 1. The lowest BCUT2D eigenvalue weighted by Gasteiger charge is -2.38. The maximum atomic E-state index is 14.2. The fourth-order valence-corrected chi connectivity index (χ4v) is 8.09. The summed E-state index contributed by atoms with van der Waals surface area (Å²) in [6, 6.07) is 3.26. The Morgan fingerprint density at radius 1 is 1.10 bits per heavy atom. The number of carbonyl (C=O) groups excluding carboxylic acids is 5. The summed E-state index contributed by atoms with van der Waals surface area (Å²) in [6.45, 7) is 13.0. The van der Waals surface area contributed by atoms with E-state index in [0.717, 1.165) is 37.8 Å². The minimum Gasteiger partial charge on any atom is -0.506 e. The molecule has 1 aromatic carbocycles. The Balaban J connectivity index is 1.75. The normalized spacial score (nSPS) is 17.1. The Morgan fingerprint density at radius 3 is 2.48 bits per heavy atom. The molecular formula is C42H67N7O8S. The number of likely N-dealkylation sites (N-methyl/N-ethyl adjacent to an activating group) is 2. The lowest BCUT2D eigenvalue weighted by Crippen LogP contribution is -2.58. The van der Waals surface area contributed by atoms with Gasteiger partial charge in [-0.3, -0.25) is 28.9 Å². The van der Waals surface area contributed by atoms with Crippen LogP contribution in [0.25, 0.3) is 0 Å². The van der Waals surface area contributed by atoms with Gasteiger partial charge in [0.25, 0.3) is 5.91 Å². The van der Waals surface area contributed by atoms with Gasteiger partial charge in [-0.05, 0) is 68.8 Å². The van der Waals surface area contributed by atoms with Crippen LogP contribution in [0.1, 0.15) is 120 Å². The van der Waals surface area contributed by atoms with Gasteiger partial charge in [0.15, 0.2) is 6.10 Å². The zero-order chi connectivity index (χ0) is 42.9. The highest BCUT2D eigenvalue weighted by Crippen LogP contribution is 2.31. The number of ether oxygens (including phenoxy) is 2. The second-order valence-corrected chi connectivity index (χ2v) is 16.6. The molecule has 0 aliphatic carbocycles. The molecule has 2 aromatic rings. The maximum Gasteiger partial charge on any atom is 0.303 e. The van der Waals surface area contributed by atoms with Crippen molar-refractivity contribution in [1.82, 2.24) is 25.4 Å². The number of thiazole rings is 1. The van der Waals surface area contributed by atoms with Crippen LogP contribution >= 0.6 is 11.3 Å². The number of nitrogens with one attached hydrogen (secondary N) is 3. The van der Waals surface area contributed by atoms with Gasteiger partial charge >= 0.3 is 5.97 Å². The van der Waals surface area contributed by atoms with E-state index in [1.807, 2.05) is 46.6 Å². The number of benzene rings is 1. The third-order valence-electron chi connectivity index (χ3n) is 10.8. The molecule has 0 saturated carbocycles. The number of anilines is 1. The number of hydrogen-bond donors (Lipinski definition) is 5. The molecule has 58 heavy (non-hydrogen) atoms. The molecule has 3 rings (SSSR count). The molecule has 1 aromatic heterocycles. The number of carbonyl (C=O) groups is 5. The fourth-order valence-electron chi connectivity index (χ4n) is 7.25. The summed E-state index contributed by atoms with van der Waals surface area (Å²) >= 11 is 1.21. The van der Waals surface area contributed by atoms with E-state index >= 15 is 0 Å². The largest absolute Gasteiger partial charge is 0.506 e. The standard InChI is InChI=1S/C42H67N7O8S/c1-9-13-30(22-29-15-16-35(51)31(23-29)45-37(52)17-20-56-21-18-43)44-39(53)32-25-58-41(46-32)36(57-28(6)50)24-34(26(3)4)49(8)42(55)38(27(5)10-2)47-40(54)33-14-11-12-19-48(33)7/h15-16,23,25-27,30,33-34,36,38,51H,9-14,17-22,24,43H2,1-8H3,(H,44,53)(H,45,52)(H,47,54)/t27-,30+,33+,34+,36+,38-/m0/s1. The molecule has 0 radical (unpaired) electrons. The van der Waals surface area contributed by atoms with Gasteiger partial charge in [0.05, 0.1) is 31.4 Å². The molecule has 0 spiro atoms. The SMILES string of the molecule is CCC[C@H](Cc1ccc(O)c(NC(=O)CCOCCN)c1)NC(=O)c1csc([C@@H](C[C@H](C(C)C)N(C)C(=O)[C@@H](NC(=O)[C@H]2CCCCN2C)[C@@H](C)CC)OC(C)=O)n1. The number of phenols is 1. The number of likely N-dealkylation sites (tertiary alicyclic amines) is 1. The number of hydrogen-bond acceptors (Lipinski definition) is 12. The van der Waals surface area contributed by atoms with Gasteiger partial charge in [0.2, 0.25) is 17.7 Å². The van der Waals surface area contributed by atoms with Gasteiger partial charge < -0.3 is 41.2 Å². The highest BCUT2D eigenvalue weighted by Gasteiger charge is 2.37. The van der Waals surface area contributed by atoms with Crippen LogP contribution < -0.4 is 21.7 Å². The fraction of sp³-hybridized carbons (Fsp3) is 0.667. The van der Waals surface area contributed by atoms with E-state index in [1.165, 1.54) is 24.3 Å². The van der Waals surface area contributed by atoms with Crippen LogP contribution in [0.3, 0.4) is 0 Å². The van der Waals surface area contributed by atoms with Crippen molar-refractivity contribution >= 4 is 46.6 Å². The summed E-state index contributed by atoms with van der Waals surface area (Å²) in [5, 5.41) is 21.4. The van der Waals surface area contributed by atoms with Gasteiger partial charge in [-0.15, -0.1) is 11.3 Å². The zero-order valence-electron chi connectivity index (χ0n) is 35.7. The lowest BCUT2D eigenvalue weighted by atomic mass is 9.92. The van der Waals surface area contributed by atoms with E-state index in [2.05, 4.69) is 20.9 Å². The molecule has 6 atom stereocenters. The number of piperidine rings is 1. The molecule has 1 fully saturated rings. The predicted molar refractivity (Wildman–Crippen MR) is 225 cm³/mol. The minimum absolute atomic E-state index is 0.0496. The van der Waals surface area contributed by atoms with Crippen molar-refractivity contribution in [1.29, 1.82) is 0 Å². The molecule has 324 valence electrons. The van der Waals surface area contributed by atoms with Gasteiger partial charge in [-0.2, -0.15) is 0 Å². The Labute approximate surface area is 348 Å². The van der Waals surface area contributed by atoms with Gasteiger partial charge in [0.1, 0.15) is 22.5 Å². The van der Waals surface area contributed by atoms with Crippen LogP contribution in [-0.4, -0.2) is 114 Å². The van der Waals surface area contributed by atoms with E-state index in [9.17, 15) is 29.1 Å². The topological polar surface area (TPSA) is 206 Å². The number of amides is 4. The van der Waals surface area contributed by atoms with Crippen molar-refractivity contribution in [2.24, 2.45) is 17.6 Å². The van der Waals surface area contributed by atoms with Gasteiger partial charge in [-0.1, -0.05) is 59.9 Å². The van der Waals surface area contributed by atoms with Crippen molar-refractivity contribution in [3.8, 4) is 5.75 Å². The van der Waals surface area contributed by atoms with Crippen molar-refractivity contribution in [3.05, 3.63) is 39.8 Å². The van der Waals surface area contributed by atoms with E-state index < -0.39 is 30.1 Å². The number of aromatic nitrogens is 1. The summed E-state index contributed by atoms with van der Waals surface area (Å²) in [7, 11) is 3.67. The molecule has 15 nitrogen and oxygen atoms in total. The number of esters is 1. The highest BCUT2D eigenvalue weighted by atomic mass is 32.1. The third-order valence-corrected chi connectivity index (χ3v) is 11.7. The van der Waals surface area contributed by atoms with Crippen LogP contribution in [0, 0.1) is 11.8 Å². The summed E-state index contributed by atoms with van der Waals surface area (Å²) in [6.07, 6.45) is 4.84. The molecule has 4 amide bonds. The highest BCUT2D eigenvalue weighted by molar-refractivity contribution is 7.09. The van der Waals surface area contributed by atoms with E-state index in [0.29, 0.717) is 37.4 Å². The summed E-state index contributed by atoms with van der Waals surface area (Å²) in [5.74, 6) is -1.81. The first-order valence-electron chi connectivity index (χ1n) is 20.7. The average molecular weight is 830 g/mol. The Kier molecular flexibility index (Phi) is 20.0. The summed E-state index contributed by atoms with van der Waals surface area (Å²) in [5.41, 5.74) is 6.66. The second-order valence-electron chi connectivity index (χ2n) is 15.7. The quantitative estimate of drug-likeness (QED) is 0.0585. The molecular weight excluding hydrogens is 763 g/mol. The van der Waals surface area contributed by atoms with Crippen LogP contribution in [0.4, 0.5) is 5.69 Å². The Morgan fingerprint density at radius 2 is 1.84 bits per heavy atom. The van der Waals surface area contributed by atoms with E-state index in [-0.39, 0.29) is 78.2 Å². The van der Waals surface area contributed by atoms with Crippen molar-refractivity contribution in [2.75, 3.05) is 45.7 Å². The van der Waals surface area contributed by atoms with Crippen molar-refractivity contribution in [2.45, 2.75) is 130 Å². The van der Waals surface area contributed by atoms with Crippen LogP contribution in [0.15, 0.2) is 23.6 Å². The Hall–Kier alpha value is -4.12. The first kappa shape index (κ1) is 48.3. The molecule has 1 aliphatic rings. The summed E-state index contributed by atoms with van der Waals surface area (Å²) < 4.78 is 11.1. The predicted octanol–water partition coefficient (Wildman–Crippen LogP) is 4.79. The lowest BCUT2D eigenvalue weighted by molar-refractivity contribution is -0.149. The smallest absolute Gasteiger partial charge is 0.303 e. The zero-order valence-corrected chi connectivity index (χ0v) is 36.5. The third kappa shape index (κ3) is 14.6. The number of rotatable bonds is 23. The first-order chi connectivity index (χ1) is 27.6. The molecule has 1 aliphatic heterocycles. The molecule has 6 N–H and O–H groups in total. The second kappa shape index (κ2) is 24.1. The van der Waals surface area contributed by atoms with Crippen LogP contribution in [0.2, 0.25) is 0 Å². The van der Waals surface area contributed by atoms with Crippen molar-refractivity contribution in [3.63, 3.8) is 0 Å². The number of nitrogens with zero attached hydrogens (tertiary/aromatic N) is 3. The average Bonchev–Trinajstić information content (AvgIpc) is 3.68.